The molecule has 10 rings (SSSR count). The zero-order valence-corrected chi connectivity index (χ0v) is 22.5. The fraction of sp³-hybridized carbons (Fsp3) is 0. The summed E-state index contributed by atoms with van der Waals surface area (Å²) in [5, 5.41) is 7.18. The second kappa shape index (κ2) is 7.96. The molecule has 0 unspecified atom stereocenters. The predicted octanol–water partition coefficient (Wildman–Crippen LogP) is 10.5. The minimum atomic E-state index is 0.915. The number of para-hydroxylation sites is 2. The minimum absolute atomic E-state index is 0.915. The molecule has 0 radical (unpaired) electrons. The van der Waals surface area contributed by atoms with Crippen LogP contribution in [0.2, 0.25) is 0 Å². The van der Waals surface area contributed by atoms with Gasteiger partial charge in [0.25, 0.3) is 0 Å². The van der Waals surface area contributed by atoms with Gasteiger partial charge in [-0.05, 0) is 64.2 Å². The molecule has 0 spiro atoms. The fourth-order valence-corrected chi connectivity index (χ4v) is 7.13. The first kappa shape index (κ1) is 22.1. The molecule has 1 aliphatic rings. The van der Waals surface area contributed by atoms with E-state index in [0.29, 0.717) is 0 Å². The third-order valence-electron chi connectivity index (χ3n) is 8.99. The first-order valence-corrected chi connectivity index (χ1v) is 14.3. The number of hydrogen-bond acceptors (Lipinski definition) is 2. The van der Waals surface area contributed by atoms with Crippen LogP contribution in [0.3, 0.4) is 0 Å². The fourth-order valence-electron chi connectivity index (χ4n) is 7.13. The Morgan fingerprint density at radius 3 is 2.00 bits per heavy atom. The molecule has 3 aromatic heterocycles. The lowest BCUT2D eigenvalue weighted by Gasteiger charge is -2.12. The van der Waals surface area contributed by atoms with E-state index in [1.807, 2.05) is 12.1 Å². The van der Waals surface area contributed by atoms with Gasteiger partial charge in [-0.3, -0.25) is 4.57 Å². The minimum Gasteiger partial charge on any atom is -0.456 e. The number of fused-ring (bicyclic) bond motifs is 9. The van der Waals surface area contributed by atoms with E-state index in [2.05, 4.69) is 126 Å². The van der Waals surface area contributed by atoms with Crippen LogP contribution in [-0.2, 0) is 0 Å². The van der Waals surface area contributed by atoms with E-state index in [1.54, 1.807) is 0 Å². The summed E-state index contributed by atoms with van der Waals surface area (Å²) in [7, 11) is 0. The van der Waals surface area contributed by atoms with Gasteiger partial charge in [0, 0.05) is 44.1 Å². The first-order chi connectivity index (χ1) is 20.8. The van der Waals surface area contributed by atoms with Gasteiger partial charge in [-0.15, -0.1) is 0 Å². The highest BCUT2D eigenvalue weighted by molar-refractivity contribution is 6.18. The third kappa shape index (κ3) is 2.82. The topological polar surface area (TPSA) is 31.0 Å². The lowest BCUT2D eigenvalue weighted by molar-refractivity contribution is 0.669. The van der Waals surface area contributed by atoms with Crippen LogP contribution in [0.4, 0.5) is 0 Å². The first-order valence-electron chi connectivity index (χ1n) is 14.3. The Bertz CT molecular complexity index is 2550. The van der Waals surface area contributed by atoms with Gasteiger partial charge in [0.05, 0.1) is 11.0 Å². The molecule has 0 saturated heterocycles. The van der Waals surface area contributed by atoms with Crippen molar-refractivity contribution in [3.05, 3.63) is 134 Å². The Balaban J connectivity index is 1.22. The molecule has 42 heavy (non-hydrogen) atoms. The number of hydrogen-bond donors (Lipinski definition) is 0. The number of nitrogens with zero attached hydrogens (tertiary/aromatic N) is 2. The van der Waals surface area contributed by atoms with Crippen molar-refractivity contribution in [2.45, 2.75) is 0 Å². The van der Waals surface area contributed by atoms with E-state index >= 15 is 0 Å². The molecule has 0 fully saturated rings. The van der Waals surface area contributed by atoms with E-state index in [0.717, 1.165) is 38.8 Å². The van der Waals surface area contributed by atoms with Gasteiger partial charge in [-0.2, -0.15) is 0 Å². The van der Waals surface area contributed by atoms with E-state index in [9.17, 15) is 0 Å². The maximum atomic E-state index is 6.09. The van der Waals surface area contributed by atoms with Crippen LogP contribution in [0, 0.1) is 0 Å². The Kier molecular flexibility index (Phi) is 4.18. The number of furan rings is 1. The van der Waals surface area contributed by atoms with E-state index < -0.39 is 0 Å². The van der Waals surface area contributed by atoms with Gasteiger partial charge >= 0.3 is 0 Å². The average Bonchev–Trinajstić information content (AvgIpc) is 3.70. The summed E-state index contributed by atoms with van der Waals surface area (Å²) in [4.78, 5) is 5.14. The number of aromatic nitrogens is 2. The van der Waals surface area contributed by atoms with Gasteiger partial charge in [0.15, 0.2) is 0 Å². The lowest BCUT2D eigenvalue weighted by atomic mass is 10.0. The Morgan fingerprint density at radius 1 is 0.452 bits per heavy atom. The standard InChI is InChI=1S/C39H22N2O/c1-2-9-26-25(8-1)29-12-7-13-30-38(29)33(26)22-40-39(30)41-34-14-5-3-10-27(34)31-20-23(16-18-35(31)41)24-17-19-37-32(21-24)28-11-4-6-15-36(28)42-37/h1-22H. The largest absolute Gasteiger partial charge is 0.456 e. The summed E-state index contributed by atoms with van der Waals surface area (Å²) in [6.07, 6.45) is 2.06. The Hall–Kier alpha value is -5.67. The molecule has 0 saturated carbocycles. The van der Waals surface area contributed by atoms with Crippen LogP contribution in [0.15, 0.2) is 138 Å². The van der Waals surface area contributed by atoms with Crippen LogP contribution in [0.25, 0.3) is 93.7 Å². The summed E-state index contributed by atoms with van der Waals surface area (Å²) in [5.74, 6) is 0.966. The average molecular weight is 535 g/mol. The zero-order chi connectivity index (χ0) is 27.4. The highest BCUT2D eigenvalue weighted by atomic mass is 16.3. The molecule has 1 aliphatic carbocycles. The van der Waals surface area contributed by atoms with E-state index in [4.69, 9.17) is 9.40 Å². The number of pyridine rings is 1. The molecular formula is C39H22N2O. The second-order valence-electron chi connectivity index (χ2n) is 11.2. The van der Waals surface area contributed by atoms with Gasteiger partial charge in [0.1, 0.15) is 17.0 Å². The Morgan fingerprint density at radius 2 is 1.10 bits per heavy atom. The summed E-state index contributed by atoms with van der Waals surface area (Å²) >= 11 is 0. The van der Waals surface area contributed by atoms with Crippen molar-refractivity contribution in [2.75, 3.05) is 0 Å². The lowest BCUT2D eigenvalue weighted by Crippen LogP contribution is -1.99. The summed E-state index contributed by atoms with van der Waals surface area (Å²) in [5.41, 5.74) is 11.5. The molecule has 0 N–H and O–H groups in total. The molecule has 0 bridgehead atoms. The maximum Gasteiger partial charge on any atom is 0.145 e. The van der Waals surface area contributed by atoms with Crippen LogP contribution in [0.1, 0.15) is 0 Å². The van der Waals surface area contributed by atoms with Crippen LogP contribution < -0.4 is 0 Å². The van der Waals surface area contributed by atoms with Crippen molar-refractivity contribution in [1.82, 2.24) is 9.55 Å². The molecule has 0 amide bonds. The van der Waals surface area contributed by atoms with Crippen LogP contribution >= 0.6 is 0 Å². The smallest absolute Gasteiger partial charge is 0.145 e. The SMILES string of the molecule is c1ccc2c(c1)-c1cccc3c(-n4c5ccccc5c5cc(-c6ccc7oc8ccccc8c7c6)ccc54)ncc-2c13. The molecule has 9 aromatic rings. The second-order valence-corrected chi connectivity index (χ2v) is 11.2. The van der Waals surface area contributed by atoms with Crippen molar-refractivity contribution in [3.8, 4) is 39.2 Å². The van der Waals surface area contributed by atoms with Crippen molar-refractivity contribution < 1.29 is 4.42 Å². The number of rotatable bonds is 2. The van der Waals surface area contributed by atoms with Crippen molar-refractivity contribution in [1.29, 1.82) is 0 Å². The molecule has 3 heteroatoms. The maximum absolute atomic E-state index is 6.09. The molecular weight excluding hydrogens is 512 g/mol. The van der Waals surface area contributed by atoms with Crippen LogP contribution in [0.5, 0.6) is 0 Å². The summed E-state index contributed by atoms with van der Waals surface area (Å²) in [6, 6.07) is 45.5. The highest BCUT2D eigenvalue weighted by Gasteiger charge is 2.24. The molecule has 194 valence electrons. The summed E-state index contributed by atoms with van der Waals surface area (Å²) in [6.45, 7) is 0. The zero-order valence-electron chi connectivity index (χ0n) is 22.5. The van der Waals surface area contributed by atoms with Gasteiger partial charge in [0.2, 0.25) is 0 Å². The quantitative estimate of drug-likeness (QED) is 0.221. The van der Waals surface area contributed by atoms with Crippen molar-refractivity contribution in [2.24, 2.45) is 0 Å². The molecule has 0 atom stereocenters. The van der Waals surface area contributed by atoms with Crippen LogP contribution in [-0.4, -0.2) is 9.55 Å². The van der Waals surface area contributed by atoms with Gasteiger partial charge in [-0.25, -0.2) is 4.98 Å². The number of benzene rings is 6. The van der Waals surface area contributed by atoms with Crippen molar-refractivity contribution >= 4 is 54.5 Å². The van der Waals surface area contributed by atoms with Crippen molar-refractivity contribution in [3.63, 3.8) is 0 Å². The Labute approximate surface area is 240 Å². The molecule has 3 heterocycles. The molecule has 3 nitrogen and oxygen atoms in total. The monoisotopic (exact) mass is 534 g/mol. The van der Waals surface area contributed by atoms with E-state index in [-0.39, 0.29) is 0 Å². The van der Waals surface area contributed by atoms with Gasteiger partial charge < -0.3 is 4.42 Å². The normalized spacial score (nSPS) is 12.3. The molecule has 0 aliphatic heterocycles. The van der Waals surface area contributed by atoms with E-state index in [1.165, 1.54) is 54.9 Å². The highest BCUT2D eigenvalue weighted by Crippen LogP contribution is 2.48. The summed E-state index contributed by atoms with van der Waals surface area (Å²) < 4.78 is 8.43. The third-order valence-corrected chi connectivity index (χ3v) is 8.99. The predicted molar refractivity (Wildman–Crippen MR) is 173 cm³/mol. The van der Waals surface area contributed by atoms with Gasteiger partial charge in [-0.1, -0.05) is 91.0 Å². The molecule has 6 aromatic carbocycles.